The first-order valence-electron chi connectivity index (χ1n) is 12.0. The number of nitrogens with one attached hydrogen (secondary N) is 1. The SMILES string of the molecule is O=C(CC(=O)N1N=C(N(c2ccccc2)c2ccccc2)C[C@@H]1c1ccccc1)Nc1ccc(Cl)cc1. The Morgan fingerprint density at radius 3 is 1.92 bits per heavy atom. The highest BCUT2D eigenvalue weighted by Gasteiger charge is 2.36. The zero-order valence-electron chi connectivity index (χ0n) is 20.0. The largest absolute Gasteiger partial charge is 0.326 e. The second kappa shape index (κ2) is 11.1. The molecule has 37 heavy (non-hydrogen) atoms. The van der Waals surface area contributed by atoms with Gasteiger partial charge in [-0.25, -0.2) is 5.01 Å². The molecule has 7 heteroatoms. The van der Waals surface area contributed by atoms with Crippen molar-refractivity contribution in [1.82, 2.24) is 5.01 Å². The third-order valence-corrected chi connectivity index (χ3v) is 6.31. The molecule has 184 valence electrons. The maximum absolute atomic E-state index is 13.4. The molecule has 4 aromatic rings. The molecule has 0 radical (unpaired) electrons. The van der Waals surface area contributed by atoms with Crippen molar-refractivity contribution in [3.8, 4) is 0 Å². The first-order valence-corrected chi connectivity index (χ1v) is 12.4. The lowest BCUT2D eigenvalue weighted by molar-refractivity contribution is -0.136. The molecule has 0 saturated carbocycles. The van der Waals surface area contributed by atoms with Gasteiger partial charge < -0.3 is 5.32 Å². The number of anilines is 3. The van der Waals surface area contributed by atoms with E-state index in [2.05, 4.69) is 10.2 Å². The zero-order chi connectivity index (χ0) is 25.6. The van der Waals surface area contributed by atoms with E-state index in [0.717, 1.165) is 22.8 Å². The number of nitrogens with zero attached hydrogens (tertiary/aromatic N) is 3. The molecule has 0 saturated heterocycles. The summed E-state index contributed by atoms with van der Waals surface area (Å²) in [7, 11) is 0. The maximum atomic E-state index is 13.4. The fourth-order valence-corrected chi connectivity index (χ4v) is 4.48. The number of amides is 2. The van der Waals surface area contributed by atoms with Crippen LogP contribution < -0.4 is 10.2 Å². The number of halogens is 1. The number of carbonyl (C=O) groups is 2. The molecule has 4 aromatic carbocycles. The molecule has 0 fully saturated rings. The predicted molar refractivity (Wildman–Crippen MR) is 148 cm³/mol. The van der Waals surface area contributed by atoms with Crippen LogP contribution in [0, 0.1) is 0 Å². The lowest BCUT2D eigenvalue weighted by atomic mass is 10.0. The van der Waals surface area contributed by atoms with Crippen LogP contribution in [0.25, 0.3) is 0 Å². The molecule has 1 heterocycles. The van der Waals surface area contributed by atoms with E-state index in [1.807, 2.05) is 91.0 Å². The molecule has 1 atom stereocenters. The Balaban J connectivity index is 1.45. The molecule has 0 unspecified atom stereocenters. The Kier molecular flexibility index (Phi) is 7.28. The molecule has 6 nitrogen and oxygen atoms in total. The maximum Gasteiger partial charge on any atom is 0.252 e. The van der Waals surface area contributed by atoms with E-state index in [9.17, 15) is 9.59 Å². The van der Waals surface area contributed by atoms with Crippen molar-refractivity contribution in [1.29, 1.82) is 0 Å². The van der Waals surface area contributed by atoms with Crippen LogP contribution in [0.1, 0.15) is 24.4 Å². The van der Waals surface area contributed by atoms with Gasteiger partial charge in [0.1, 0.15) is 12.3 Å². The molecule has 0 spiro atoms. The number of hydrogen-bond acceptors (Lipinski definition) is 4. The summed E-state index contributed by atoms with van der Waals surface area (Å²) in [5.74, 6) is -0.0696. The smallest absolute Gasteiger partial charge is 0.252 e. The predicted octanol–water partition coefficient (Wildman–Crippen LogP) is 6.79. The lowest BCUT2D eigenvalue weighted by Crippen LogP contribution is -2.30. The average molecular weight is 509 g/mol. The van der Waals surface area contributed by atoms with Gasteiger partial charge >= 0.3 is 0 Å². The number of amidine groups is 1. The Bertz CT molecular complexity index is 1350. The minimum atomic E-state index is -0.411. The van der Waals surface area contributed by atoms with Crippen LogP contribution in [0.3, 0.4) is 0 Å². The summed E-state index contributed by atoms with van der Waals surface area (Å²) < 4.78 is 0. The summed E-state index contributed by atoms with van der Waals surface area (Å²) in [6.45, 7) is 0. The highest BCUT2D eigenvalue weighted by molar-refractivity contribution is 6.30. The third-order valence-electron chi connectivity index (χ3n) is 6.06. The molecule has 2 amide bonds. The van der Waals surface area contributed by atoms with Crippen LogP contribution in [-0.2, 0) is 9.59 Å². The van der Waals surface area contributed by atoms with Crippen molar-refractivity contribution in [3.05, 3.63) is 126 Å². The van der Waals surface area contributed by atoms with Gasteiger partial charge in [0, 0.05) is 28.5 Å². The van der Waals surface area contributed by atoms with E-state index >= 15 is 0 Å². The highest BCUT2D eigenvalue weighted by Crippen LogP contribution is 2.36. The van der Waals surface area contributed by atoms with E-state index in [-0.39, 0.29) is 18.4 Å². The second-order valence-electron chi connectivity index (χ2n) is 8.62. The molecule has 1 N–H and O–H groups in total. The number of benzene rings is 4. The van der Waals surface area contributed by atoms with Crippen LogP contribution in [0.4, 0.5) is 17.1 Å². The fourth-order valence-electron chi connectivity index (χ4n) is 4.35. The first-order chi connectivity index (χ1) is 18.1. The van der Waals surface area contributed by atoms with Crippen molar-refractivity contribution in [3.63, 3.8) is 0 Å². The first kappa shape index (κ1) is 24.3. The van der Waals surface area contributed by atoms with Crippen LogP contribution >= 0.6 is 11.6 Å². The summed E-state index contributed by atoms with van der Waals surface area (Å²) in [5, 5.41) is 9.58. The Labute approximate surface area is 220 Å². The molecule has 1 aliphatic rings. The topological polar surface area (TPSA) is 65.0 Å². The summed E-state index contributed by atoms with van der Waals surface area (Å²) in [6.07, 6.45) is 0.164. The Hall–Kier alpha value is -4.42. The summed E-state index contributed by atoms with van der Waals surface area (Å²) in [4.78, 5) is 28.2. The van der Waals surface area contributed by atoms with Crippen LogP contribution in [0.2, 0.25) is 5.02 Å². The van der Waals surface area contributed by atoms with Crippen molar-refractivity contribution in [2.45, 2.75) is 18.9 Å². The van der Waals surface area contributed by atoms with Crippen molar-refractivity contribution in [2.24, 2.45) is 5.10 Å². The van der Waals surface area contributed by atoms with Crippen LogP contribution in [0.5, 0.6) is 0 Å². The van der Waals surface area contributed by atoms with Gasteiger partial charge in [0.2, 0.25) is 5.91 Å². The normalized spacial score (nSPS) is 14.7. The molecular formula is C30H25ClN4O2. The zero-order valence-corrected chi connectivity index (χ0v) is 20.8. The number of rotatable bonds is 6. The molecule has 5 rings (SSSR count). The van der Waals surface area contributed by atoms with E-state index < -0.39 is 5.91 Å². The van der Waals surface area contributed by atoms with Gasteiger partial charge in [-0.1, -0.05) is 78.3 Å². The van der Waals surface area contributed by atoms with Gasteiger partial charge in [-0.3, -0.25) is 14.5 Å². The van der Waals surface area contributed by atoms with Gasteiger partial charge in [-0.15, -0.1) is 0 Å². The number of hydrogen-bond donors (Lipinski definition) is 1. The van der Waals surface area contributed by atoms with E-state index in [4.69, 9.17) is 16.7 Å². The molecular weight excluding hydrogens is 484 g/mol. The number of para-hydroxylation sites is 2. The van der Waals surface area contributed by atoms with E-state index in [1.165, 1.54) is 5.01 Å². The summed E-state index contributed by atoms with van der Waals surface area (Å²) >= 11 is 5.93. The minimum Gasteiger partial charge on any atom is -0.326 e. The van der Waals surface area contributed by atoms with Crippen LogP contribution in [-0.4, -0.2) is 22.7 Å². The monoisotopic (exact) mass is 508 g/mol. The van der Waals surface area contributed by atoms with Gasteiger partial charge in [-0.2, -0.15) is 5.10 Å². The summed E-state index contributed by atoms with van der Waals surface area (Å²) in [5.41, 5.74) is 3.41. The molecule has 0 aliphatic carbocycles. The van der Waals surface area contributed by atoms with Gasteiger partial charge in [-0.05, 0) is 54.1 Å². The standard InChI is InChI=1S/C30H25ClN4O2/c31-23-16-18-24(19-17-23)32-29(36)21-30(37)35-27(22-10-4-1-5-11-22)20-28(33-35)34(25-12-6-2-7-13-25)26-14-8-3-9-15-26/h1-19,27H,20-21H2,(H,32,36)/t27-/m1/s1. The lowest BCUT2D eigenvalue weighted by Gasteiger charge is -2.24. The fraction of sp³-hybridized carbons (Fsp3) is 0.100. The van der Waals surface area contributed by atoms with Crippen molar-refractivity contribution in [2.75, 3.05) is 10.2 Å². The second-order valence-corrected chi connectivity index (χ2v) is 9.06. The summed E-state index contributed by atoms with van der Waals surface area (Å²) in [6, 6.07) is 36.1. The van der Waals surface area contributed by atoms with E-state index in [1.54, 1.807) is 24.3 Å². The van der Waals surface area contributed by atoms with Gasteiger partial charge in [0.15, 0.2) is 0 Å². The molecule has 0 bridgehead atoms. The molecule has 0 aromatic heterocycles. The van der Waals surface area contributed by atoms with Gasteiger partial charge in [0.25, 0.3) is 5.91 Å². The Morgan fingerprint density at radius 2 is 1.35 bits per heavy atom. The molecule has 1 aliphatic heterocycles. The van der Waals surface area contributed by atoms with Gasteiger partial charge in [0.05, 0.1) is 6.04 Å². The van der Waals surface area contributed by atoms with Crippen LogP contribution in [0.15, 0.2) is 120 Å². The van der Waals surface area contributed by atoms with E-state index in [0.29, 0.717) is 17.1 Å². The average Bonchev–Trinajstić information content (AvgIpc) is 3.37. The Morgan fingerprint density at radius 1 is 0.811 bits per heavy atom. The minimum absolute atomic E-state index is 0.332. The third kappa shape index (κ3) is 5.71. The number of carbonyl (C=O) groups excluding carboxylic acids is 2. The quantitative estimate of drug-likeness (QED) is 0.291. The van der Waals surface area contributed by atoms with Crippen molar-refractivity contribution < 1.29 is 9.59 Å². The highest BCUT2D eigenvalue weighted by atomic mass is 35.5. The number of hydrazone groups is 1. The van der Waals surface area contributed by atoms with Crippen molar-refractivity contribution >= 4 is 46.3 Å².